The Labute approximate surface area is 193 Å². The SMILES string of the molecule is CCc1ccc2c(c1)-c1ccccc1S(=O)(=O)N2CC(=O)Nc1ccc(Cl)c(C(F)(F)F)c1. The molecule has 0 fully saturated rings. The number of aryl methyl sites for hydroxylation is 1. The molecule has 1 N–H and O–H groups in total. The molecule has 1 aliphatic rings. The number of amides is 1. The smallest absolute Gasteiger partial charge is 0.324 e. The molecule has 33 heavy (non-hydrogen) atoms. The van der Waals surface area contributed by atoms with E-state index in [-0.39, 0.29) is 10.6 Å². The predicted octanol–water partition coefficient (Wildman–Crippen LogP) is 5.74. The Bertz CT molecular complexity index is 1360. The second-order valence-corrected chi connectivity index (χ2v) is 9.69. The predicted molar refractivity (Wildman–Crippen MR) is 121 cm³/mol. The first-order valence-corrected chi connectivity index (χ1v) is 11.8. The van der Waals surface area contributed by atoms with E-state index in [1.165, 1.54) is 12.1 Å². The topological polar surface area (TPSA) is 66.5 Å². The van der Waals surface area contributed by atoms with E-state index < -0.39 is 39.2 Å². The molecular formula is C23H18ClF3N2O3S. The van der Waals surface area contributed by atoms with E-state index >= 15 is 0 Å². The van der Waals surface area contributed by atoms with Crippen LogP contribution in [0.1, 0.15) is 18.1 Å². The lowest BCUT2D eigenvalue weighted by molar-refractivity contribution is -0.137. The van der Waals surface area contributed by atoms with Crippen LogP contribution in [0.2, 0.25) is 5.02 Å². The number of anilines is 2. The molecule has 1 amide bonds. The van der Waals surface area contributed by atoms with Crippen LogP contribution in [0.5, 0.6) is 0 Å². The number of halogens is 4. The average Bonchev–Trinajstić information content (AvgIpc) is 2.77. The number of carbonyl (C=O) groups excluding carboxylic acids is 1. The minimum absolute atomic E-state index is 0.0596. The van der Waals surface area contributed by atoms with E-state index in [4.69, 9.17) is 11.6 Å². The highest BCUT2D eigenvalue weighted by Crippen LogP contribution is 2.43. The largest absolute Gasteiger partial charge is 0.417 e. The summed E-state index contributed by atoms with van der Waals surface area (Å²) in [6.45, 7) is 1.36. The van der Waals surface area contributed by atoms with Gasteiger partial charge in [-0.25, -0.2) is 8.42 Å². The van der Waals surface area contributed by atoms with Gasteiger partial charge in [0, 0.05) is 16.8 Å². The van der Waals surface area contributed by atoms with Crippen LogP contribution < -0.4 is 9.62 Å². The zero-order chi connectivity index (χ0) is 24.0. The molecule has 3 aromatic rings. The number of carbonyl (C=O) groups is 1. The molecule has 172 valence electrons. The molecule has 4 rings (SSSR count). The number of rotatable bonds is 4. The number of benzene rings is 3. The fourth-order valence-corrected chi connectivity index (χ4v) is 5.59. The fraction of sp³-hybridized carbons (Fsp3) is 0.174. The number of fused-ring (bicyclic) bond motifs is 3. The highest BCUT2D eigenvalue weighted by Gasteiger charge is 2.36. The first-order valence-electron chi connectivity index (χ1n) is 9.94. The van der Waals surface area contributed by atoms with Crippen LogP contribution >= 0.6 is 11.6 Å². The van der Waals surface area contributed by atoms with Crippen molar-refractivity contribution in [1.82, 2.24) is 0 Å². The molecule has 0 bridgehead atoms. The second-order valence-electron chi connectivity index (χ2n) is 7.45. The molecule has 0 aromatic heterocycles. The van der Waals surface area contributed by atoms with E-state index in [0.29, 0.717) is 22.9 Å². The van der Waals surface area contributed by atoms with Gasteiger partial charge in [-0.05, 0) is 48.4 Å². The van der Waals surface area contributed by atoms with Crippen LogP contribution in [0.4, 0.5) is 24.5 Å². The van der Waals surface area contributed by atoms with Gasteiger partial charge in [0.1, 0.15) is 6.54 Å². The summed E-state index contributed by atoms with van der Waals surface area (Å²) in [5, 5.41) is 1.84. The van der Waals surface area contributed by atoms with Gasteiger partial charge < -0.3 is 5.32 Å². The van der Waals surface area contributed by atoms with E-state index in [1.807, 2.05) is 13.0 Å². The number of nitrogens with zero attached hydrogens (tertiary/aromatic N) is 1. The Morgan fingerprint density at radius 1 is 1.03 bits per heavy atom. The van der Waals surface area contributed by atoms with Crippen LogP contribution in [0.3, 0.4) is 0 Å². The summed E-state index contributed by atoms with van der Waals surface area (Å²) in [4.78, 5) is 12.8. The summed E-state index contributed by atoms with van der Waals surface area (Å²) in [5.41, 5.74) is 1.28. The van der Waals surface area contributed by atoms with Crippen LogP contribution in [0.25, 0.3) is 11.1 Å². The first-order chi connectivity index (χ1) is 15.5. The van der Waals surface area contributed by atoms with Crippen LogP contribution in [-0.4, -0.2) is 20.9 Å². The Balaban J connectivity index is 1.69. The van der Waals surface area contributed by atoms with Gasteiger partial charge in [-0.1, -0.05) is 42.8 Å². The third-order valence-electron chi connectivity index (χ3n) is 5.33. The van der Waals surface area contributed by atoms with Crippen molar-refractivity contribution in [2.45, 2.75) is 24.4 Å². The van der Waals surface area contributed by atoms with Crippen LogP contribution in [0.15, 0.2) is 65.6 Å². The summed E-state index contributed by atoms with van der Waals surface area (Å²) in [6.07, 6.45) is -3.96. The summed E-state index contributed by atoms with van der Waals surface area (Å²) in [6, 6.07) is 14.7. The third-order valence-corrected chi connectivity index (χ3v) is 7.47. The molecule has 10 heteroatoms. The standard InChI is InChI=1S/C23H18ClF3N2O3S/c1-2-14-7-10-20-17(11-14)16-5-3-4-6-21(16)33(31,32)29(20)13-22(30)28-15-8-9-19(24)18(12-15)23(25,26)27/h3-12H,2,13H2,1H3,(H,28,30). The highest BCUT2D eigenvalue weighted by molar-refractivity contribution is 7.93. The maximum atomic E-state index is 13.3. The first kappa shape index (κ1) is 23.1. The van der Waals surface area contributed by atoms with Crippen molar-refractivity contribution in [3.8, 4) is 11.1 Å². The molecule has 5 nitrogen and oxygen atoms in total. The van der Waals surface area contributed by atoms with Gasteiger partial charge in [-0.3, -0.25) is 9.10 Å². The van der Waals surface area contributed by atoms with Crippen LogP contribution in [0, 0.1) is 0 Å². The molecule has 0 spiro atoms. The zero-order valence-corrected chi connectivity index (χ0v) is 18.9. The van der Waals surface area contributed by atoms with Gasteiger partial charge in [0.25, 0.3) is 10.0 Å². The number of hydrogen-bond donors (Lipinski definition) is 1. The Kier molecular flexibility index (Phi) is 5.88. The second kappa shape index (κ2) is 8.39. The summed E-state index contributed by atoms with van der Waals surface area (Å²) >= 11 is 5.62. The Morgan fingerprint density at radius 2 is 1.76 bits per heavy atom. The maximum absolute atomic E-state index is 13.3. The number of sulfonamides is 1. The lowest BCUT2D eigenvalue weighted by atomic mass is 9.99. The van der Waals surface area contributed by atoms with Gasteiger partial charge in [-0.15, -0.1) is 0 Å². The van der Waals surface area contributed by atoms with Gasteiger partial charge in [0.2, 0.25) is 5.91 Å². The third kappa shape index (κ3) is 4.30. The monoisotopic (exact) mass is 494 g/mol. The maximum Gasteiger partial charge on any atom is 0.417 e. The molecule has 1 aliphatic heterocycles. The molecule has 0 aliphatic carbocycles. The van der Waals surface area contributed by atoms with Crippen molar-refractivity contribution in [3.05, 3.63) is 76.8 Å². The average molecular weight is 495 g/mol. The molecular weight excluding hydrogens is 477 g/mol. The van der Waals surface area contributed by atoms with Crippen molar-refractivity contribution in [3.63, 3.8) is 0 Å². The minimum atomic E-state index is -4.70. The van der Waals surface area contributed by atoms with Crippen molar-refractivity contribution in [1.29, 1.82) is 0 Å². The lowest BCUT2D eigenvalue weighted by Gasteiger charge is -2.32. The zero-order valence-electron chi connectivity index (χ0n) is 17.3. The number of alkyl halides is 3. The normalized spacial score (nSPS) is 14.4. The van der Waals surface area contributed by atoms with Gasteiger partial charge >= 0.3 is 6.18 Å². The molecule has 1 heterocycles. The van der Waals surface area contributed by atoms with Gasteiger partial charge in [0.15, 0.2) is 0 Å². The molecule has 3 aromatic carbocycles. The van der Waals surface area contributed by atoms with E-state index in [2.05, 4.69) is 5.32 Å². The Morgan fingerprint density at radius 3 is 2.45 bits per heavy atom. The summed E-state index contributed by atoms with van der Waals surface area (Å²) < 4.78 is 67.0. The summed E-state index contributed by atoms with van der Waals surface area (Å²) in [7, 11) is -4.07. The minimum Gasteiger partial charge on any atom is -0.324 e. The Hall–Kier alpha value is -3.04. The van der Waals surface area contributed by atoms with Crippen molar-refractivity contribution < 1.29 is 26.4 Å². The number of hydrogen-bond acceptors (Lipinski definition) is 3. The van der Waals surface area contributed by atoms with E-state index in [1.54, 1.807) is 30.3 Å². The molecule has 0 unspecified atom stereocenters. The quantitative estimate of drug-likeness (QED) is 0.503. The van der Waals surface area contributed by atoms with Crippen molar-refractivity contribution >= 4 is 38.9 Å². The summed E-state index contributed by atoms with van der Waals surface area (Å²) in [5.74, 6) is -0.793. The lowest BCUT2D eigenvalue weighted by Crippen LogP contribution is -2.40. The number of nitrogens with one attached hydrogen (secondary N) is 1. The molecule has 0 atom stereocenters. The van der Waals surface area contributed by atoms with Crippen molar-refractivity contribution in [2.75, 3.05) is 16.2 Å². The van der Waals surface area contributed by atoms with Gasteiger partial charge in [0.05, 0.1) is 21.2 Å². The van der Waals surface area contributed by atoms with E-state index in [9.17, 15) is 26.4 Å². The fourth-order valence-electron chi connectivity index (χ4n) is 3.72. The van der Waals surface area contributed by atoms with Gasteiger partial charge in [-0.2, -0.15) is 13.2 Å². The van der Waals surface area contributed by atoms with Crippen molar-refractivity contribution in [2.24, 2.45) is 0 Å². The molecule has 0 saturated carbocycles. The van der Waals surface area contributed by atoms with Crippen LogP contribution in [-0.2, 0) is 27.4 Å². The highest BCUT2D eigenvalue weighted by atomic mass is 35.5. The molecule has 0 radical (unpaired) electrons. The molecule has 0 saturated heterocycles. The van der Waals surface area contributed by atoms with E-state index in [0.717, 1.165) is 22.4 Å².